The topological polar surface area (TPSA) is 34.9 Å². The molecule has 0 N–H and O–H groups in total. The van der Waals surface area contributed by atoms with Crippen LogP contribution in [0.2, 0.25) is 0 Å². The van der Waals surface area contributed by atoms with Gasteiger partial charge < -0.3 is 4.57 Å². The Bertz CT molecular complexity index is 488. The Balaban J connectivity index is 2.02. The summed E-state index contributed by atoms with van der Waals surface area (Å²) in [5, 5.41) is 0. The van der Waals surface area contributed by atoms with E-state index in [1.807, 2.05) is 16.7 Å². The van der Waals surface area contributed by atoms with Crippen LogP contribution in [0.25, 0.3) is 0 Å². The fourth-order valence-corrected chi connectivity index (χ4v) is 1.70. The molecular formula is C13H14N2O. The van der Waals surface area contributed by atoms with Crippen molar-refractivity contribution < 1.29 is 4.79 Å². The fraction of sp³-hybridized carbons (Fsp3) is 0.231. The summed E-state index contributed by atoms with van der Waals surface area (Å²) < 4.78 is 1.94. The summed E-state index contributed by atoms with van der Waals surface area (Å²) in [7, 11) is 0. The highest BCUT2D eigenvalue weighted by Crippen LogP contribution is 2.08. The maximum Gasteiger partial charge on any atom is 0.169 e. The molecule has 0 atom stereocenters. The lowest BCUT2D eigenvalue weighted by Gasteiger charge is -2.05. The lowest BCUT2D eigenvalue weighted by molar-refractivity contribution is 0.111. The van der Waals surface area contributed by atoms with E-state index in [9.17, 15) is 4.79 Å². The van der Waals surface area contributed by atoms with Crippen molar-refractivity contribution in [2.75, 3.05) is 0 Å². The van der Waals surface area contributed by atoms with Gasteiger partial charge in [-0.3, -0.25) is 4.79 Å². The van der Waals surface area contributed by atoms with Crippen molar-refractivity contribution in [3.63, 3.8) is 0 Å². The van der Waals surface area contributed by atoms with Crippen LogP contribution in [0.15, 0.2) is 36.8 Å². The van der Waals surface area contributed by atoms with Crippen molar-refractivity contribution >= 4 is 6.29 Å². The monoisotopic (exact) mass is 214 g/mol. The first kappa shape index (κ1) is 10.6. The molecule has 0 unspecified atom stereocenters. The van der Waals surface area contributed by atoms with Crippen LogP contribution in [0.1, 0.15) is 21.6 Å². The van der Waals surface area contributed by atoms with E-state index in [-0.39, 0.29) is 0 Å². The first-order valence-electron chi connectivity index (χ1n) is 5.31. The fourth-order valence-electron chi connectivity index (χ4n) is 1.70. The molecule has 16 heavy (non-hydrogen) atoms. The average molecular weight is 214 g/mol. The number of hydrogen-bond acceptors (Lipinski definition) is 2. The molecule has 0 radical (unpaired) electrons. The molecule has 3 heteroatoms. The molecule has 0 aliphatic carbocycles. The van der Waals surface area contributed by atoms with Crippen LogP contribution in [0, 0.1) is 6.92 Å². The van der Waals surface area contributed by atoms with E-state index in [0.717, 1.165) is 19.3 Å². The number of aromatic nitrogens is 2. The molecule has 0 aliphatic heterocycles. The summed E-state index contributed by atoms with van der Waals surface area (Å²) in [4.78, 5) is 14.4. The number of hydrogen-bond donors (Lipinski definition) is 0. The summed E-state index contributed by atoms with van der Waals surface area (Å²) in [5.74, 6) is 0. The molecule has 1 aromatic heterocycles. The molecule has 0 fully saturated rings. The van der Waals surface area contributed by atoms with Gasteiger partial charge in [0.25, 0.3) is 0 Å². The average Bonchev–Trinajstić information content (AvgIpc) is 2.76. The standard InChI is InChI=1S/C13H14N2O/c1-11-4-2-3-5-12(11)6-7-15-8-13(9-16)14-10-15/h2-5,8-10H,6-7H2,1H3. The van der Waals surface area contributed by atoms with E-state index in [4.69, 9.17) is 0 Å². The quantitative estimate of drug-likeness (QED) is 0.732. The zero-order chi connectivity index (χ0) is 11.4. The predicted molar refractivity (Wildman–Crippen MR) is 62.5 cm³/mol. The third-order valence-corrected chi connectivity index (χ3v) is 2.67. The van der Waals surface area contributed by atoms with Gasteiger partial charge in [0, 0.05) is 12.7 Å². The molecule has 0 spiro atoms. The number of rotatable bonds is 4. The summed E-state index contributed by atoms with van der Waals surface area (Å²) in [5.41, 5.74) is 3.13. The minimum Gasteiger partial charge on any atom is -0.336 e. The summed E-state index contributed by atoms with van der Waals surface area (Å²) in [6.45, 7) is 2.96. The van der Waals surface area contributed by atoms with Crippen LogP contribution >= 0.6 is 0 Å². The number of aryl methyl sites for hydroxylation is 3. The van der Waals surface area contributed by atoms with E-state index in [1.165, 1.54) is 11.1 Å². The lowest BCUT2D eigenvalue weighted by Crippen LogP contribution is -1.99. The van der Waals surface area contributed by atoms with Crippen molar-refractivity contribution in [1.82, 2.24) is 9.55 Å². The Kier molecular flexibility index (Phi) is 3.15. The van der Waals surface area contributed by atoms with Gasteiger partial charge in [-0.1, -0.05) is 24.3 Å². The van der Waals surface area contributed by atoms with E-state index >= 15 is 0 Å². The summed E-state index contributed by atoms with van der Waals surface area (Å²) in [6.07, 6.45) is 5.19. The zero-order valence-corrected chi connectivity index (χ0v) is 9.26. The predicted octanol–water partition coefficient (Wildman–Crippen LogP) is 2.25. The second-order valence-electron chi connectivity index (χ2n) is 3.83. The molecule has 0 bridgehead atoms. The van der Waals surface area contributed by atoms with Gasteiger partial charge in [0.1, 0.15) is 5.69 Å². The third-order valence-electron chi connectivity index (χ3n) is 2.67. The van der Waals surface area contributed by atoms with Crippen molar-refractivity contribution in [2.24, 2.45) is 0 Å². The van der Waals surface area contributed by atoms with Gasteiger partial charge in [0.2, 0.25) is 0 Å². The van der Waals surface area contributed by atoms with E-state index in [1.54, 1.807) is 12.5 Å². The molecule has 3 nitrogen and oxygen atoms in total. The van der Waals surface area contributed by atoms with Gasteiger partial charge in [0.05, 0.1) is 6.33 Å². The molecule has 1 aromatic carbocycles. The van der Waals surface area contributed by atoms with E-state index < -0.39 is 0 Å². The largest absolute Gasteiger partial charge is 0.336 e. The van der Waals surface area contributed by atoms with Gasteiger partial charge >= 0.3 is 0 Å². The molecular weight excluding hydrogens is 200 g/mol. The maximum absolute atomic E-state index is 10.5. The molecule has 0 aliphatic rings. The highest BCUT2D eigenvalue weighted by molar-refractivity contribution is 5.70. The molecule has 2 aromatic rings. The van der Waals surface area contributed by atoms with Crippen molar-refractivity contribution in [3.8, 4) is 0 Å². The van der Waals surface area contributed by atoms with Crippen molar-refractivity contribution in [3.05, 3.63) is 53.6 Å². The van der Waals surface area contributed by atoms with Gasteiger partial charge in [-0.2, -0.15) is 0 Å². The highest BCUT2D eigenvalue weighted by Gasteiger charge is 1.99. The number of imidazole rings is 1. The van der Waals surface area contributed by atoms with Crippen molar-refractivity contribution in [1.29, 1.82) is 0 Å². The first-order chi connectivity index (χ1) is 7.79. The van der Waals surface area contributed by atoms with Gasteiger partial charge in [-0.25, -0.2) is 4.98 Å². The molecule has 0 saturated carbocycles. The minimum absolute atomic E-state index is 0.491. The van der Waals surface area contributed by atoms with E-state index in [0.29, 0.717) is 5.69 Å². The van der Waals surface area contributed by atoms with Crippen LogP contribution in [0.4, 0.5) is 0 Å². The Morgan fingerprint density at radius 1 is 1.38 bits per heavy atom. The maximum atomic E-state index is 10.5. The molecule has 2 rings (SSSR count). The number of aldehydes is 1. The number of carbonyl (C=O) groups excluding carboxylic acids is 1. The number of benzene rings is 1. The van der Waals surface area contributed by atoms with Gasteiger partial charge in [0.15, 0.2) is 6.29 Å². The smallest absolute Gasteiger partial charge is 0.169 e. The van der Waals surface area contributed by atoms with Crippen molar-refractivity contribution in [2.45, 2.75) is 19.9 Å². The summed E-state index contributed by atoms with van der Waals surface area (Å²) >= 11 is 0. The Labute approximate surface area is 94.7 Å². The van der Waals surface area contributed by atoms with Gasteiger partial charge in [-0.15, -0.1) is 0 Å². The second-order valence-corrected chi connectivity index (χ2v) is 3.83. The molecule has 0 amide bonds. The van der Waals surface area contributed by atoms with Crippen LogP contribution in [0.5, 0.6) is 0 Å². The molecule has 82 valence electrons. The first-order valence-corrected chi connectivity index (χ1v) is 5.31. The number of carbonyl (C=O) groups is 1. The third kappa shape index (κ3) is 2.37. The lowest BCUT2D eigenvalue weighted by atomic mass is 10.1. The second kappa shape index (κ2) is 4.75. The van der Waals surface area contributed by atoms with Gasteiger partial charge in [-0.05, 0) is 24.5 Å². The highest BCUT2D eigenvalue weighted by atomic mass is 16.1. The minimum atomic E-state index is 0.491. The number of nitrogens with zero attached hydrogens (tertiary/aromatic N) is 2. The van der Waals surface area contributed by atoms with Crippen LogP contribution in [-0.4, -0.2) is 15.8 Å². The molecule has 1 heterocycles. The zero-order valence-electron chi connectivity index (χ0n) is 9.26. The van der Waals surface area contributed by atoms with Crippen LogP contribution < -0.4 is 0 Å². The normalized spacial score (nSPS) is 10.3. The van der Waals surface area contributed by atoms with Crippen LogP contribution in [-0.2, 0) is 13.0 Å². The van der Waals surface area contributed by atoms with Crippen LogP contribution in [0.3, 0.4) is 0 Å². The Morgan fingerprint density at radius 2 is 2.19 bits per heavy atom. The molecule has 0 saturated heterocycles. The van der Waals surface area contributed by atoms with E-state index in [2.05, 4.69) is 24.0 Å². The SMILES string of the molecule is Cc1ccccc1CCn1cnc(C=O)c1. The summed E-state index contributed by atoms with van der Waals surface area (Å²) in [6, 6.07) is 8.33. The Morgan fingerprint density at radius 3 is 2.88 bits per heavy atom. The Hall–Kier alpha value is -1.90.